The van der Waals surface area contributed by atoms with Crippen molar-refractivity contribution in [3.8, 4) is 0 Å². The van der Waals surface area contributed by atoms with Crippen LogP contribution in [-0.2, 0) is 47.6 Å². The summed E-state index contributed by atoms with van der Waals surface area (Å²) >= 11 is 2.19. The Morgan fingerprint density at radius 3 is 1.53 bits per heavy atom. The maximum Gasteiger partial charge on any atom is 0.350 e. The lowest BCUT2D eigenvalue weighted by Gasteiger charge is -2.29. The second-order valence-electron chi connectivity index (χ2n) is 9.93. The molecular formula is C31H34INO12. The number of carbonyl (C=O) groups excluding carboxylic acids is 6. The topological polar surface area (TPSA) is 170 Å². The number of esters is 6. The first-order chi connectivity index (χ1) is 21.1. The van der Waals surface area contributed by atoms with Crippen molar-refractivity contribution in [2.24, 2.45) is 0 Å². The molecule has 2 aromatic carbocycles. The van der Waals surface area contributed by atoms with Crippen molar-refractivity contribution >= 4 is 64.1 Å². The van der Waals surface area contributed by atoms with Crippen LogP contribution in [-0.4, -0.2) is 60.6 Å². The first-order valence-electron chi connectivity index (χ1n) is 13.6. The van der Waals surface area contributed by atoms with Crippen LogP contribution in [0.3, 0.4) is 0 Å². The molecule has 45 heavy (non-hydrogen) atoms. The van der Waals surface area contributed by atoms with E-state index < -0.39 is 41.4 Å². The normalized spacial score (nSPS) is 16.0. The molecule has 0 radical (unpaired) electrons. The van der Waals surface area contributed by atoms with Crippen molar-refractivity contribution in [2.75, 3.05) is 18.5 Å². The van der Waals surface area contributed by atoms with E-state index in [2.05, 4.69) is 37.4 Å². The Hall–Kier alpha value is -4.47. The van der Waals surface area contributed by atoms with Crippen LogP contribution in [0.15, 0.2) is 60.3 Å². The van der Waals surface area contributed by atoms with Crippen molar-refractivity contribution < 1.29 is 57.2 Å². The number of hydrogen-bond donors (Lipinski definition) is 1. The Morgan fingerprint density at radius 1 is 0.733 bits per heavy atom. The van der Waals surface area contributed by atoms with Gasteiger partial charge in [-0.15, -0.1) is 0 Å². The first-order valence-corrected chi connectivity index (χ1v) is 14.7. The summed E-state index contributed by atoms with van der Waals surface area (Å²) in [4.78, 5) is 67.3. The summed E-state index contributed by atoms with van der Waals surface area (Å²) in [5.41, 5.74) is 1.36. The predicted molar refractivity (Wildman–Crippen MR) is 166 cm³/mol. The average molecular weight is 740 g/mol. The Morgan fingerprint density at radius 2 is 1.13 bits per heavy atom. The van der Waals surface area contributed by atoms with Crippen LogP contribution < -0.4 is 5.32 Å². The second-order valence-corrected chi connectivity index (χ2v) is 11.2. The molecule has 13 nitrogen and oxygen atoms in total. The molecule has 0 bridgehead atoms. The molecule has 0 unspecified atom stereocenters. The van der Waals surface area contributed by atoms with Crippen molar-refractivity contribution in [1.29, 1.82) is 0 Å². The van der Waals surface area contributed by atoms with Crippen molar-refractivity contribution in [3.05, 3.63) is 75.0 Å². The summed E-state index contributed by atoms with van der Waals surface area (Å²) in [5, 5.41) is 2.78. The Bertz CT molecular complexity index is 1390. The number of hydrogen-bond acceptors (Lipinski definition) is 13. The lowest BCUT2D eigenvalue weighted by Crippen LogP contribution is -2.42. The summed E-state index contributed by atoms with van der Waals surface area (Å²) in [7, 11) is 0. The standard InChI is InChI=1S/C16H17NO6.C9H9IO2.C6H8O4/c1-4-21-13(18)10-5-7-11(8-6-10)17-9-12-14(19)22-16(2,3)23-15(12)20;1-2-12-9(11)7-3-5-8(10)6-4-7;1-6(2)9-4(7)3-5(8)10-6/h5-9,17H,4H2,1-3H3;3-6H,2H2,1H3;3H2,1-2H3. The number of halogens is 1. The molecule has 2 aromatic rings. The lowest BCUT2D eigenvalue weighted by atomic mass is 10.2. The van der Waals surface area contributed by atoms with Crippen LogP contribution in [0, 0.1) is 3.57 Å². The molecule has 1 N–H and O–H groups in total. The van der Waals surface area contributed by atoms with Gasteiger partial charge in [-0.1, -0.05) is 0 Å². The summed E-state index contributed by atoms with van der Waals surface area (Å²) in [6.07, 6.45) is 0.933. The molecule has 0 spiro atoms. The minimum absolute atomic E-state index is 0.237. The SMILES string of the molecule is CC1(C)OC(=O)CC(=O)O1.CCOC(=O)c1ccc(I)cc1.CCOC(=O)c1ccc(NC=C2C(=O)OC(C)(C)OC2=O)cc1. The number of rotatable bonds is 6. The van der Waals surface area contributed by atoms with E-state index in [1.54, 1.807) is 50.2 Å². The zero-order chi connectivity index (χ0) is 33.8. The number of nitrogens with one attached hydrogen (secondary N) is 1. The van der Waals surface area contributed by atoms with Crippen LogP contribution in [0.4, 0.5) is 5.69 Å². The van der Waals surface area contributed by atoms with E-state index in [1.807, 2.05) is 12.1 Å². The molecular weight excluding hydrogens is 705 g/mol. The van der Waals surface area contributed by atoms with Gasteiger partial charge in [0.05, 0.1) is 24.3 Å². The molecule has 0 aromatic heterocycles. The predicted octanol–water partition coefficient (Wildman–Crippen LogP) is 4.68. The smallest absolute Gasteiger partial charge is 0.350 e. The van der Waals surface area contributed by atoms with Crippen LogP contribution in [0.2, 0.25) is 0 Å². The fourth-order valence-corrected chi connectivity index (χ4v) is 3.77. The third kappa shape index (κ3) is 12.6. The third-order valence-corrected chi connectivity index (χ3v) is 5.98. The third-order valence-electron chi connectivity index (χ3n) is 5.26. The minimum atomic E-state index is -1.27. The number of anilines is 1. The lowest BCUT2D eigenvalue weighted by molar-refractivity contribution is -0.231. The Balaban J connectivity index is 0.000000267. The fraction of sp³-hybridized carbons (Fsp3) is 0.355. The monoisotopic (exact) mass is 739 g/mol. The highest BCUT2D eigenvalue weighted by molar-refractivity contribution is 14.1. The van der Waals surface area contributed by atoms with Gasteiger partial charge in [0.2, 0.25) is 0 Å². The van der Waals surface area contributed by atoms with Gasteiger partial charge in [-0.2, -0.15) is 0 Å². The van der Waals surface area contributed by atoms with Crippen LogP contribution in [0.1, 0.15) is 68.7 Å². The largest absolute Gasteiger partial charge is 0.462 e. The Labute approximate surface area is 273 Å². The summed E-state index contributed by atoms with van der Waals surface area (Å²) in [6, 6.07) is 13.7. The summed E-state index contributed by atoms with van der Waals surface area (Å²) in [6.45, 7) is 10.2. The molecule has 0 amide bonds. The molecule has 2 fully saturated rings. The molecule has 14 heteroatoms. The summed E-state index contributed by atoms with van der Waals surface area (Å²) < 4.78 is 30.1. The molecule has 0 atom stereocenters. The molecule has 4 rings (SSSR count). The molecule has 0 aliphatic carbocycles. The van der Waals surface area contributed by atoms with Gasteiger partial charge in [0.1, 0.15) is 6.42 Å². The van der Waals surface area contributed by atoms with Crippen LogP contribution >= 0.6 is 22.6 Å². The van der Waals surface area contributed by atoms with E-state index in [0.717, 1.165) is 3.57 Å². The van der Waals surface area contributed by atoms with E-state index in [1.165, 1.54) is 33.9 Å². The maximum absolute atomic E-state index is 11.8. The van der Waals surface area contributed by atoms with E-state index >= 15 is 0 Å². The zero-order valence-electron chi connectivity index (χ0n) is 25.6. The average Bonchev–Trinajstić information content (AvgIpc) is 2.92. The molecule has 2 aliphatic rings. The van der Waals surface area contributed by atoms with E-state index in [4.69, 9.17) is 18.9 Å². The van der Waals surface area contributed by atoms with Gasteiger partial charge in [-0.05, 0) is 85.0 Å². The number of cyclic esters (lactones) is 4. The zero-order valence-corrected chi connectivity index (χ0v) is 27.8. The highest BCUT2D eigenvalue weighted by Gasteiger charge is 2.39. The van der Waals surface area contributed by atoms with E-state index in [0.29, 0.717) is 30.0 Å². The van der Waals surface area contributed by atoms with Crippen LogP contribution in [0.5, 0.6) is 0 Å². The number of benzene rings is 2. The van der Waals surface area contributed by atoms with Gasteiger partial charge >= 0.3 is 35.8 Å². The van der Waals surface area contributed by atoms with Crippen molar-refractivity contribution in [1.82, 2.24) is 0 Å². The van der Waals surface area contributed by atoms with Gasteiger partial charge in [0, 0.05) is 43.2 Å². The van der Waals surface area contributed by atoms with E-state index in [-0.39, 0.29) is 18.0 Å². The molecule has 2 heterocycles. The molecule has 242 valence electrons. The van der Waals surface area contributed by atoms with Crippen molar-refractivity contribution in [3.63, 3.8) is 0 Å². The highest BCUT2D eigenvalue weighted by atomic mass is 127. The van der Waals surface area contributed by atoms with Gasteiger partial charge in [-0.25, -0.2) is 19.2 Å². The first kappa shape index (κ1) is 36.7. The maximum atomic E-state index is 11.8. The van der Waals surface area contributed by atoms with Gasteiger partial charge in [0.15, 0.2) is 5.57 Å². The second kappa shape index (κ2) is 16.6. The Kier molecular flexibility index (Phi) is 13.5. The number of carbonyl (C=O) groups is 6. The van der Waals surface area contributed by atoms with Gasteiger partial charge < -0.3 is 33.7 Å². The quantitative estimate of drug-likeness (QED) is 0.108. The molecule has 0 saturated carbocycles. The minimum Gasteiger partial charge on any atom is -0.462 e. The fourth-order valence-electron chi connectivity index (χ4n) is 3.41. The highest BCUT2D eigenvalue weighted by Crippen LogP contribution is 2.23. The summed E-state index contributed by atoms with van der Waals surface area (Å²) in [5.74, 6) is -5.60. The van der Waals surface area contributed by atoms with Gasteiger partial charge in [-0.3, -0.25) is 9.59 Å². The molecule has 2 saturated heterocycles. The number of ether oxygens (including phenoxy) is 6. The van der Waals surface area contributed by atoms with E-state index in [9.17, 15) is 28.8 Å². The molecule has 2 aliphatic heterocycles. The van der Waals surface area contributed by atoms with Gasteiger partial charge in [0.25, 0.3) is 11.6 Å². The van der Waals surface area contributed by atoms with Crippen LogP contribution in [0.25, 0.3) is 0 Å². The van der Waals surface area contributed by atoms with Crippen molar-refractivity contribution in [2.45, 2.75) is 59.5 Å².